The maximum absolute atomic E-state index is 11.6. The highest BCUT2D eigenvalue weighted by Gasteiger charge is 2.10. The minimum absolute atomic E-state index is 0.348. The van der Waals surface area contributed by atoms with Crippen LogP contribution in [0.2, 0.25) is 0 Å². The third kappa shape index (κ3) is 4.58. The second kappa shape index (κ2) is 6.75. The Morgan fingerprint density at radius 1 is 1.60 bits per heavy atom. The van der Waals surface area contributed by atoms with Crippen LogP contribution in [0.15, 0.2) is 17.5 Å². The quantitative estimate of drug-likeness (QED) is 0.775. The Hall–Kier alpha value is -0.670. The first-order valence-corrected chi connectivity index (χ1v) is 6.38. The van der Waals surface area contributed by atoms with E-state index >= 15 is 0 Å². The van der Waals surface area contributed by atoms with E-state index in [0.717, 1.165) is 12.8 Å². The number of rotatable bonds is 7. The van der Waals surface area contributed by atoms with Gasteiger partial charge in [0.2, 0.25) is 0 Å². The number of carbonyl (C=O) groups excluding carboxylic acids is 1. The molecule has 2 N–H and O–H groups in total. The van der Waals surface area contributed by atoms with Gasteiger partial charge < -0.3 is 5.73 Å². The lowest BCUT2D eigenvalue weighted by molar-refractivity contribution is -0.119. The molecule has 0 aliphatic heterocycles. The Morgan fingerprint density at radius 3 is 2.93 bits per heavy atom. The predicted molar refractivity (Wildman–Crippen MR) is 65.1 cm³/mol. The van der Waals surface area contributed by atoms with Crippen LogP contribution in [-0.2, 0) is 11.2 Å². The van der Waals surface area contributed by atoms with Gasteiger partial charge in [0.15, 0.2) is 0 Å². The fraction of sp³-hybridized carbons (Fsp3) is 0.583. The highest BCUT2D eigenvalue weighted by atomic mass is 32.1. The summed E-state index contributed by atoms with van der Waals surface area (Å²) in [5, 5.41) is 2.05. The zero-order valence-corrected chi connectivity index (χ0v) is 10.1. The Labute approximate surface area is 95.5 Å². The van der Waals surface area contributed by atoms with E-state index in [1.807, 2.05) is 6.07 Å². The monoisotopic (exact) mass is 225 g/mol. The molecule has 15 heavy (non-hydrogen) atoms. The third-order valence-electron chi connectivity index (χ3n) is 2.66. The van der Waals surface area contributed by atoms with Crippen molar-refractivity contribution in [3.63, 3.8) is 0 Å². The molecule has 1 heterocycles. The molecule has 0 spiro atoms. The van der Waals surface area contributed by atoms with Gasteiger partial charge >= 0.3 is 0 Å². The van der Waals surface area contributed by atoms with E-state index in [4.69, 9.17) is 5.73 Å². The van der Waals surface area contributed by atoms with Crippen molar-refractivity contribution in [2.24, 2.45) is 11.7 Å². The molecule has 1 atom stereocenters. The predicted octanol–water partition coefficient (Wildman–Crippen LogP) is 2.62. The van der Waals surface area contributed by atoms with E-state index in [2.05, 4.69) is 18.4 Å². The fourth-order valence-corrected chi connectivity index (χ4v) is 2.24. The minimum Gasteiger partial charge on any atom is -0.330 e. The second-order valence-electron chi connectivity index (χ2n) is 3.83. The Balaban J connectivity index is 2.24. The molecule has 0 radical (unpaired) electrons. The highest BCUT2D eigenvalue weighted by molar-refractivity contribution is 7.09. The third-order valence-corrected chi connectivity index (χ3v) is 3.59. The van der Waals surface area contributed by atoms with Gasteiger partial charge in [0.25, 0.3) is 0 Å². The average molecular weight is 225 g/mol. The average Bonchev–Trinajstić information content (AvgIpc) is 2.75. The summed E-state index contributed by atoms with van der Waals surface area (Å²) in [7, 11) is 0. The van der Waals surface area contributed by atoms with E-state index in [1.165, 1.54) is 4.88 Å². The van der Waals surface area contributed by atoms with E-state index < -0.39 is 0 Å². The molecule has 1 aromatic rings. The van der Waals surface area contributed by atoms with Crippen molar-refractivity contribution in [1.29, 1.82) is 0 Å². The van der Waals surface area contributed by atoms with Gasteiger partial charge in [0, 0.05) is 17.7 Å². The number of nitrogens with two attached hydrogens (primary N) is 1. The molecule has 0 saturated heterocycles. The van der Waals surface area contributed by atoms with E-state index in [-0.39, 0.29) is 0 Å². The van der Waals surface area contributed by atoms with Crippen molar-refractivity contribution in [3.05, 3.63) is 22.4 Å². The first-order valence-electron chi connectivity index (χ1n) is 5.50. The SMILES string of the molecule is CCC(CN)CC(=O)CCc1cccs1. The molecular formula is C12H19NOS. The molecule has 2 nitrogen and oxygen atoms in total. The topological polar surface area (TPSA) is 43.1 Å². The summed E-state index contributed by atoms with van der Waals surface area (Å²) in [4.78, 5) is 12.9. The van der Waals surface area contributed by atoms with Gasteiger partial charge in [-0.05, 0) is 30.3 Å². The van der Waals surface area contributed by atoms with Crippen LogP contribution in [0.4, 0.5) is 0 Å². The molecule has 1 rings (SSSR count). The molecule has 0 bridgehead atoms. The summed E-state index contributed by atoms with van der Waals surface area (Å²) < 4.78 is 0. The Kier molecular flexibility index (Phi) is 5.58. The standard InChI is InChI=1S/C12H19NOS/c1-2-10(9-13)8-11(14)5-6-12-4-3-7-15-12/h3-4,7,10H,2,5-6,8-9,13H2,1H3. The van der Waals surface area contributed by atoms with Gasteiger partial charge in [-0.15, -0.1) is 11.3 Å². The van der Waals surface area contributed by atoms with Crippen molar-refractivity contribution in [2.75, 3.05) is 6.54 Å². The number of thiophene rings is 1. The number of ketones is 1. The number of hydrogen-bond donors (Lipinski definition) is 1. The van der Waals surface area contributed by atoms with Crippen LogP contribution >= 0.6 is 11.3 Å². The molecule has 0 amide bonds. The molecule has 0 fully saturated rings. The van der Waals surface area contributed by atoms with Crippen molar-refractivity contribution < 1.29 is 4.79 Å². The van der Waals surface area contributed by atoms with E-state index in [9.17, 15) is 4.79 Å². The molecule has 1 unspecified atom stereocenters. The van der Waals surface area contributed by atoms with E-state index in [1.54, 1.807) is 11.3 Å². The summed E-state index contributed by atoms with van der Waals surface area (Å²) in [6, 6.07) is 4.11. The largest absolute Gasteiger partial charge is 0.330 e. The normalized spacial score (nSPS) is 12.7. The van der Waals surface area contributed by atoms with Crippen LogP contribution in [0.25, 0.3) is 0 Å². The van der Waals surface area contributed by atoms with Gasteiger partial charge in [-0.1, -0.05) is 19.4 Å². The lowest BCUT2D eigenvalue weighted by Gasteiger charge is -2.10. The van der Waals surface area contributed by atoms with Gasteiger partial charge in [-0.25, -0.2) is 0 Å². The molecule has 0 aliphatic rings. The molecule has 1 aromatic heterocycles. The van der Waals surface area contributed by atoms with Gasteiger partial charge in [0.05, 0.1) is 0 Å². The van der Waals surface area contributed by atoms with Crippen molar-refractivity contribution in [2.45, 2.75) is 32.6 Å². The smallest absolute Gasteiger partial charge is 0.133 e. The molecule has 84 valence electrons. The van der Waals surface area contributed by atoms with Crippen LogP contribution in [0.3, 0.4) is 0 Å². The zero-order chi connectivity index (χ0) is 11.1. The van der Waals surface area contributed by atoms with Crippen LogP contribution in [-0.4, -0.2) is 12.3 Å². The lowest BCUT2D eigenvalue weighted by atomic mass is 9.98. The van der Waals surface area contributed by atoms with Crippen molar-refractivity contribution in [3.8, 4) is 0 Å². The summed E-state index contributed by atoms with van der Waals surface area (Å²) in [5.41, 5.74) is 5.57. The first kappa shape index (κ1) is 12.4. The van der Waals surface area contributed by atoms with Crippen LogP contribution in [0.5, 0.6) is 0 Å². The zero-order valence-electron chi connectivity index (χ0n) is 9.24. The van der Waals surface area contributed by atoms with Crippen LogP contribution < -0.4 is 5.73 Å². The highest BCUT2D eigenvalue weighted by Crippen LogP contribution is 2.14. The molecule has 0 saturated carbocycles. The molecular weight excluding hydrogens is 206 g/mol. The van der Waals surface area contributed by atoms with Crippen LogP contribution in [0.1, 0.15) is 31.1 Å². The minimum atomic E-state index is 0.348. The summed E-state index contributed by atoms with van der Waals surface area (Å²) in [6.07, 6.45) is 3.20. The second-order valence-corrected chi connectivity index (χ2v) is 4.86. The molecule has 3 heteroatoms. The number of Topliss-reactive ketones (excluding diaryl/α,β-unsaturated/α-hetero) is 1. The maximum Gasteiger partial charge on any atom is 0.133 e. The Bertz CT molecular complexity index is 278. The number of carbonyl (C=O) groups is 1. The Morgan fingerprint density at radius 2 is 2.40 bits per heavy atom. The number of aryl methyl sites for hydroxylation is 1. The van der Waals surface area contributed by atoms with E-state index in [0.29, 0.717) is 31.1 Å². The number of hydrogen-bond acceptors (Lipinski definition) is 3. The first-order chi connectivity index (χ1) is 7.26. The van der Waals surface area contributed by atoms with Crippen LogP contribution in [0, 0.1) is 5.92 Å². The molecule has 0 aliphatic carbocycles. The summed E-state index contributed by atoms with van der Waals surface area (Å²) >= 11 is 1.72. The van der Waals surface area contributed by atoms with Gasteiger partial charge in [-0.2, -0.15) is 0 Å². The molecule has 0 aromatic carbocycles. The lowest BCUT2D eigenvalue weighted by Crippen LogP contribution is -2.17. The summed E-state index contributed by atoms with van der Waals surface area (Å²) in [6.45, 7) is 2.71. The maximum atomic E-state index is 11.6. The van der Waals surface area contributed by atoms with Crippen molar-refractivity contribution in [1.82, 2.24) is 0 Å². The van der Waals surface area contributed by atoms with Gasteiger partial charge in [0.1, 0.15) is 5.78 Å². The summed E-state index contributed by atoms with van der Waals surface area (Å²) in [5.74, 6) is 0.724. The van der Waals surface area contributed by atoms with Gasteiger partial charge in [-0.3, -0.25) is 4.79 Å². The fourth-order valence-electron chi connectivity index (χ4n) is 1.54. The van der Waals surface area contributed by atoms with Crippen molar-refractivity contribution >= 4 is 17.1 Å².